The highest BCUT2D eigenvalue weighted by Crippen LogP contribution is 2.10. The molecule has 2 heterocycles. The second-order valence-corrected chi connectivity index (χ2v) is 5.46. The van der Waals surface area contributed by atoms with Crippen LogP contribution in [0.1, 0.15) is 36.5 Å². The van der Waals surface area contributed by atoms with Gasteiger partial charge < -0.3 is 14.6 Å². The van der Waals surface area contributed by atoms with Gasteiger partial charge in [-0.05, 0) is 27.2 Å². The van der Waals surface area contributed by atoms with E-state index >= 15 is 0 Å². The number of carbonyl (C=O) groups excluding carboxylic acids is 1. The van der Waals surface area contributed by atoms with Crippen molar-refractivity contribution in [2.45, 2.75) is 39.4 Å². The first kappa shape index (κ1) is 15.0. The Morgan fingerprint density at radius 3 is 2.75 bits per heavy atom. The molecule has 0 aromatic carbocycles. The Bertz CT molecular complexity index is 437. The minimum absolute atomic E-state index is 0.200. The van der Waals surface area contributed by atoms with Crippen molar-refractivity contribution in [2.75, 3.05) is 26.2 Å². The lowest BCUT2D eigenvalue weighted by Gasteiger charge is -2.35. The van der Waals surface area contributed by atoms with Gasteiger partial charge in [-0.1, -0.05) is 5.16 Å². The van der Waals surface area contributed by atoms with E-state index in [4.69, 9.17) is 9.26 Å². The minimum Gasteiger partial charge on any atom is -0.373 e. The molecule has 0 spiro atoms. The van der Waals surface area contributed by atoms with Gasteiger partial charge in [0.05, 0.1) is 17.9 Å². The van der Waals surface area contributed by atoms with E-state index < -0.39 is 0 Å². The maximum atomic E-state index is 11.7. The van der Waals surface area contributed by atoms with E-state index in [1.807, 2.05) is 0 Å². The number of rotatable bonds is 5. The molecular weight excluding hydrogens is 258 g/mol. The monoisotopic (exact) mass is 281 g/mol. The Kier molecular flexibility index (Phi) is 5.14. The Balaban J connectivity index is 1.65. The number of nitrogens with zero attached hydrogens (tertiary/aromatic N) is 2. The first-order valence-electron chi connectivity index (χ1n) is 7.14. The van der Waals surface area contributed by atoms with Gasteiger partial charge in [0, 0.05) is 32.2 Å². The van der Waals surface area contributed by atoms with Crippen molar-refractivity contribution in [1.29, 1.82) is 0 Å². The van der Waals surface area contributed by atoms with Crippen molar-refractivity contribution in [3.05, 3.63) is 17.5 Å². The van der Waals surface area contributed by atoms with Gasteiger partial charge in [0.2, 0.25) is 5.76 Å². The van der Waals surface area contributed by atoms with E-state index in [0.29, 0.717) is 12.2 Å². The molecule has 2 rings (SSSR count). The molecule has 1 fully saturated rings. The first-order valence-corrected chi connectivity index (χ1v) is 7.14. The summed E-state index contributed by atoms with van der Waals surface area (Å²) >= 11 is 0. The number of ether oxygens (including phenoxy) is 1. The van der Waals surface area contributed by atoms with Crippen LogP contribution >= 0.6 is 0 Å². The predicted molar refractivity (Wildman–Crippen MR) is 74.6 cm³/mol. The molecule has 1 aliphatic rings. The molecule has 1 aliphatic heterocycles. The quantitative estimate of drug-likeness (QED) is 0.822. The van der Waals surface area contributed by atoms with Crippen molar-refractivity contribution in [1.82, 2.24) is 15.4 Å². The van der Waals surface area contributed by atoms with E-state index in [-0.39, 0.29) is 23.9 Å². The molecule has 0 saturated carbocycles. The summed E-state index contributed by atoms with van der Waals surface area (Å²) in [4.78, 5) is 14.1. The van der Waals surface area contributed by atoms with Crippen LogP contribution in [0.4, 0.5) is 0 Å². The minimum atomic E-state index is -0.200. The lowest BCUT2D eigenvalue weighted by molar-refractivity contribution is -0.0680. The van der Waals surface area contributed by atoms with Crippen LogP contribution in [-0.4, -0.2) is 54.4 Å². The van der Waals surface area contributed by atoms with Gasteiger partial charge in [-0.2, -0.15) is 0 Å². The highest BCUT2D eigenvalue weighted by atomic mass is 16.5. The molecule has 20 heavy (non-hydrogen) atoms. The summed E-state index contributed by atoms with van der Waals surface area (Å²) < 4.78 is 10.6. The molecular formula is C14H23N3O3. The second-order valence-electron chi connectivity index (χ2n) is 5.46. The number of amides is 1. The first-order chi connectivity index (χ1) is 9.54. The predicted octanol–water partition coefficient (Wildman–Crippen LogP) is 1.21. The van der Waals surface area contributed by atoms with Crippen LogP contribution in [0.5, 0.6) is 0 Å². The number of hydrogen-bond acceptors (Lipinski definition) is 5. The summed E-state index contributed by atoms with van der Waals surface area (Å²) in [6, 6.07) is 1.64. The third-order valence-electron chi connectivity index (χ3n) is 3.28. The molecule has 112 valence electrons. The summed E-state index contributed by atoms with van der Waals surface area (Å²) in [5.41, 5.74) is 0.714. The van der Waals surface area contributed by atoms with Crippen LogP contribution in [0.3, 0.4) is 0 Å². The van der Waals surface area contributed by atoms with Gasteiger partial charge in [-0.15, -0.1) is 0 Å². The number of nitrogens with one attached hydrogen (secondary N) is 1. The summed E-state index contributed by atoms with van der Waals surface area (Å²) in [7, 11) is 0. The van der Waals surface area contributed by atoms with E-state index in [2.05, 4.69) is 29.2 Å². The average molecular weight is 281 g/mol. The third kappa shape index (κ3) is 4.31. The lowest BCUT2D eigenvalue weighted by Crippen LogP contribution is -2.46. The van der Waals surface area contributed by atoms with Gasteiger partial charge in [-0.3, -0.25) is 9.69 Å². The Morgan fingerprint density at radius 1 is 1.45 bits per heavy atom. The van der Waals surface area contributed by atoms with Crippen molar-refractivity contribution >= 4 is 5.91 Å². The van der Waals surface area contributed by atoms with Gasteiger partial charge >= 0.3 is 0 Å². The third-order valence-corrected chi connectivity index (χ3v) is 3.28. The average Bonchev–Trinajstić information content (AvgIpc) is 2.80. The topological polar surface area (TPSA) is 67.6 Å². The molecule has 0 bridgehead atoms. The standard InChI is InChI=1S/C14H23N3O3/c1-10-7-13(20-16-10)14(18)15-5-4-6-17-8-11(2)19-12(3)9-17/h7,11-12H,4-6,8-9H2,1-3H3,(H,15,18)/t11-,12-/m1/s1. The summed E-state index contributed by atoms with van der Waals surface area (Å²) in [5, 5.41) is 6.54. The van der Waals surface area contributed by atoms with E-state index in [1.165, 1.54) is 0 Å². The molecule has 1 saturated heterocycles. The second kappa shape index (κ2) is 6.85. The largest absolute Gasteiger partial charge is 0.373 e. The summed E-state index contributed by atoms with van der Waals surface area (Å²) in [5.74, 6) is 0.0745. The summed E-state index contributed by atoms with van der Waals surface area (Å²) in [6.45, 7) is 9.50. The van der Waals surface area contributed by atoms with Crippen LogP contribution < -0.4 is 5.32 Å². The van der Waals surface area contributed by atoms with Crippen LogP contribution in [0.25, 0.3) is 0 Å². The normalized spacial score (nSPS) is 23.8. The number of hydrogen-bond donors (Lipinski definition) is 1. The summed E-state index contributed by atoms with van der Waals surface area (Å²) in [6.07, 6.45) is 1.48. The van der Waals surface area contributed by atoms with E-state index in [1.54, 1.807) is 13.0 Å². The Hall–Kier alpha value is -1.40. The lowest BCUT2D eigenvalue weighted by atomic mass is 10.2. The zero-order valence-corrected chi connectivity index (χ0v) is 12.4. The fourth-order valence-corrected chi connectivity index (χ4v) is 2.53. The molecule has 1 N–H and O–H groups in total. The van der Waals surface area contributed by atoms with Crippen molar-refractivity contribution in [3.8, 4) is 0 Å². The van der Waals surface area contributed by atoms with Crippen LogP contribution in [0.15, 0.2) is 10.6 Å². The highest BCUT2D eigenvalue weighted by Gasteiger charge is 2.21. The Labute approximate surface area is 119 Å². The fraction of sp³-hybridized carbons (Fsp3) is 0.714. The zero-order chi connectivity index (χ0) is 14.5. The number of morpholine rings is 1. The molecule has 1 aromatic heterocycles. The molecule has 1 aromatic rings. The van der Waals surface area contributed by atoms with Crippen molar-refractivity contribution in [3.63, 3.8) is 0 Å². The number of aromatic nitrogens is 1. The van der Waals surface area contributed by atoms with Gasteiger partial charge in [0.1, 0.15) is 0 Å². The fourth-order valence-electron chi connectivity index (χ4n) is 2.53. The van der Waals surface area contributed by atoms with Gasteiger partial charge in [0.25, 0.3) is 5.91 Å². The van der Waals surface area contributed by atoms with E-state index in [0.717, 1.165) is 26.1 Å². The smallest absolute Gasteiger partial charge is 0.289 e. The number of aryl methyl sites for hydroxylation is 1. The molecule has 2 atom stereocenters. The van der Waals surface area contributed by atoms with Crippen LogP contribution in [0, 0.1) is 6.92 Å². The van der Waals surface area contributed by atoms with Crippen molar-refractivity contribution < 1.29 is 14.1 Å². The van der Waals surface area contributed by atoms with Crippen LogP contribution in [0.2, 0.25) is 0 Å². The Morgan fingerprint density at radius 2 is 2.15 bits per heavy atom. The zero-order valence-electron chi connectivity index (χ0n) is 12.4. The molecule has 0 radical (unpaired) electrons. The maximum Gasteiger partial charge on any atom is 0.289 e. The molecule has 6 nitrogen and oxygen atoms in total. The van der Waals surface area contributed by atoms with E-state index in [9.17, 15) is 4.79 Å². The molecule has 0 unspecified atom stereocenters. The van der Waals surface area contributed by atoms with Gasteiger partial charge in [-0.25, -0.2) is 0 Å². The van der Waals surface area contributed by atoms with Crippen LogP contribution in [-0.2, 0) is 4.74 Å². The SMILES string of the molecule is Cc1cc(C(=O)NCCCN2C[C@@H](C)O[C@H](C)C2)on1. The molecule has 1 amide bonds. The maximum absolute atomic E-state index is 11.7. The molecule has 6 heteroatoms. The van der Waals surface area contributed by atoms with Crippen molar-refractivity contribution in [2.24, 2.45) is 0 Å². The van der Waals surface area contributed by atoms with Gasteiger partial charge in [0.15, 0.2) is 0 Å². The number of carbonyl (C=O) groups is 1. The molecule has 0 aliphatic carbocycles. The highest BCUT2D eigenvalue weighted by molar-refractivity contribution is 5.91.